The van der Waals surface area contributed by atoms with Crippen LogP contribution in [0.2, 0.25) is 0 Å². The van der Waals surface area contributed by atoms with Gasteiger partial charge in [0.05, 0.1) is 0 Å². The summed E-state index contributed by atoms with van der Waals surface area (Å²) in [4.78, 5) is 18.2. The highest BCUT2D eigenvalue weighted by atomic mass is 16.5. The maximum absolute atomic E-state index is 12.5. The fourth-order valence-corrected chi connectivity index (χ4v) is 2.92. The molecule has 0 spiro atoms. The number of hydrogen-bond acceptors (Lipinski definition) is 3. The average molecular weight is 319 g/mol. The minimum absolute atomic E-state index is 0.0794. The van der Waals surface area contributed by atoms with E-state index in [4.69, 9.17) is 4.74 Å². The molecule has 0 saturated heterocycles. The highest BCUT2D eigenvalue weighted by Crippen LogP contribution is 2.32. The molecule has 2 aromatic carbocycles. The minimum Gasteiger partial charge on any atom is -0.489 e. The molecule has 0 unspecified atom stereocenters. The summed E-state index contributed by atoms with van der Waals surface area (Å²) in [5.41, 5.74) is 3.21. The predicted molar refractivity (Wildman–Crippen MR) is 91.3 cm³/mol. The van der Waals surface area contributed by atoms with Crippen LogP contribution >= 0.6 is 0 Å². The standard InChI is InChI=1S/C19H17N3O2/c23-19(21-11-9-20-14-21)22-10-8-16-12-17(6-7-18(16)22)24-13-15-4-2-1-3-5-15/h1-7,9,11-12,14H,8,10,13H2. The average Bonchev–Trinajstić information content (AvgIpc) is 3.30. The number of carbonyl (C=O) groups is 1. The smallest absolute Gasteiger partial charge is 0.333 e. The first-order valence-corrected chi connectivity index (χ1v) is 7.91. The molecule has 5 heteroatoms. The van der Waals surface area contributed by atoms with Gasteiger partial charge in [-0.15, -0.1) is 0 Å². The van der Waals surface area contributed by atoms with Gasteiger partial charge in [-0.05, 0) is 35.7 Å². The fraction of sp³-hybridized carbons (Fsp3) is 0.158. The molecule has 5 nitrogen and oxygen atoms in total. The maximum Gasteiger partial charge on any atom is 0.333 e. The first-order valence-electron chi connectivity index (χ1n) is 7.91. The van der Waals surface area contributed by atoms with Crippen molar-refractivity contribution < 1.29 is 9.53 Å². The van der Waals surface area contributed by atoms with E-state index in [0.717, 1.165) is 29.0 Å². The summed E-state index contributed by atoms with van der Waals surface area (Å²) < 4.78 is 7.36. The molecule has 1 aliphatic rings. The summed E-state index contributed by atoms with van der Waals surface area (Å²) in [7, 11) is 0. The molecule has 0 fully saturated rings. The Balaban J connectivity index is 1.49. The molecule has 0 atom stereocenters. The van der Waals surface area contributed by atoms with Gasteiger partial charge in [0.15, 0.2) is 0 Å². The third-order valence-corrected chi connectivity index (χ3v) is 4.15. The number of imidazole rings is 1. The molecule has 0 aliphatic carbocycles. The second-order valence-corrected chi connectivity index (χ2v) is 5.72. The number of ether oxygens (including phenoxy) is 1. The van der Waals surface area contributed by atoms with Crippen LogP contribution < -0.4 is 9.64 Å². The van der Waals surface area contributed by atoms with Gasteiger partial charge in [0.1, 0.15) is 18.7 Å². The molecular formula is C19H17N3O2. The van der Waals surface area contributed by atoms with Crippen LogP contribution in [0, 0.1) is 0 Å². The summed E-state index contributed by atoms with van der Waals surface area (Å²) in [6, 6.07) is 15.9. The van der Waals surface area contributed by atoms with E-state index in [1.807, 2.05) is 48.5 Å². The lowest BCUT2D eigenvalue weighted by molar-refractivity contribution is 0.248. The largest absolute Gasteiger partial charge is 0.489 e. The van der Waals surface area contributed by atoms with E-state index < -0.39 is 0 Å². The Morgan fingerprint density at radius 3 is 2.83 bits per heavy atom. The summed E-state index contributed by atoms with van der Waals surface area (Å²) in [5, 5.41) is 0. The number of nitrogens with zero attached hydrogens (tertiary/aromatic N) is 3. The molecule has 0 saturated carbocycles. The third kappa shape index (κ3) is 2.76. The Kier molecular flexibility index (Phi) is 3.75. The molecule has 0 radical (unpaired) electrons. The molecule has 2 heterocycles. The van der Waals surface area contributed by atoms with Crippen LogP contribution in [-0.2, 0) is 13.0 Å². The highest BCUT2D eigenvalue weighted by molar-refractivity contribution is 5.95. The van der Waals surface area contributed by atoms with Crippen molar-refractivity contribution >= 4 is 11.7 Å². The number of amides is 1. The van der Waals surface area contributed by atoms with Gasteiger partial charge in [0.2, 0.25) is 0 Å². The minimum atomic E-state index is -0.0794. The van der Waals surface area contributed by atoms with Crippen molar-refractivity contribution in [3.8, 4) is 5.75 Å². The third-order valence-electron chi connectivity index (χ3n) is 4.15. The van der Waals surface area contributed by atoms with Gasteiger partial charge in [-0.25, -0.2) is 9.78 Å². The highest BCUT2D eigenvalue weighted by Gasteiger charge is 2.25. The number of rotatable bonds is 3. The van der Waals surface area contributed by atoms with Crippen molar-refractivity contribution in [2.75, 3.05) is 11.4 Å². The quantitative estimate of drug-likeness (QED) is 0.742. The summed E-state index contributed by atoms with van der Waals surface area (Å²) >= 11 is 0. The lowest BCUT2D eigenvalue weighted by Crippen LogP contribution is -2.32. The van der Waals surface area contributed by atoms with E-state index in [0.29, 0.717) is 13.2 Å². The molecule has 1 amide bonds. The Morgan fingerprint density at radius 1 is 1.17 bits per heavy atom. The summed E-state index contributed by atoms with van der Waals surface area (Å²) in [6.45, 7) is 1.21. The zero-order valence-corrected chi connectivity index (χ0v) is 13.1. The zero-order chi connectivity index (χ0) is 16.4. The molecule has 0 bridgehead atoms. The van der Waals surface area contributed by atoms with E-state index >= 15 is 0 Å². The molecular weight excluding hydrogens is 302 g/mol. The Hall–Kier alpha value is -3.08. The van der Waals surface area contributed by atoms with Crippen LogP contribution in [0.5, 0.6) is 5.75 Å². The van der Waals surface area contributed by atoms with Crippen LogP contribution in [0.1, 0.15) is 11.1 Å². The molecule has 0 N–H and O–H groups in total. The van der Waals surface area contributed by atoms with Crippen LogP contribution in [-0.4, -0.2) is 22.1 Å². The van der Waals surface area contributed by atoms with Crippen LogP contribution in [0.4, 0.5) is 10.5 Å². The Labute approximate surface area is 140 Å². The Morgan fingerprint density at radius 2 is 2.04 bits per heavy atom. The van der Waals surface area contributed by atoms with Gasteiger partial charge in [-0.3, -0.25) is 9.47 Å². The lowest BCUT2D eigenvalue weighted by Gasteiger charge is -2.17. The van der Waals surface area contributed by atoms with Crippen molar-refractivity contribution in [2.45, 2.75) is 13.0 Å². The molecule has 120 valence electrons. The van der Waals surface area contributed by atoms with Crippen LogP contribution in [0.25, 0.3) is 0 Å². The van der Waals surface area contributed by atoms with E-state index in [-0.39, 0.29) is 6.03 Å². The van der Waals surface area contributed by atoms with E-state index in [9.17, 15) is 4.79 Å². The number of hydrogen-bond donors (Lipinski definition) is 0. The monoisotopic (exact) mass is 319 g/mol. The van der Waals surface area contributed by atoms with Crippen molar-refractivity contribution in [3.63, 3.8) is 0 Å². The lowest BCUT2D eigenvalue weighted by atomic mass is 10.1. The van der Waals surface area contributed by atoms with Gasteiger partial charge >= 0.3 is 6.03 Å². The zero-order valence-electron chi connectivity index (χ0n) is 13.1. The van der Waals surface area contributed by atoms with Crippen LogP contribution in [0.15, 0.2) is 67.3 Å². The normalized spacial score (nSPS) is 12.9. The first-order chi connectivity index (χ1) is 11.8. The van der Waals surface area contributed by atoms with Crippen molar-refractivity contribution in [1.82, 2.24) is 9.55 Å². The second kappa shape index (κ2) is 6.20. The Bertz CT molecular complexity index is 844. The predicted octanol–water partition coefficient (Wildman–Crippen LogP) is 3.49. The van der Waals surface area contributed by atoms with Crippen LogP contribution in [0.3, 0.4) is 0 Å². The fourth-order valence-electron chi connectivity index (χ4n) is 2.92. The van der Waals surface area contributed by atoms with Gasteiger partial charge in [0, 0.05) is 24.6 Å². The summed E-state index contributed by atoms with van der Waals surface area (Å²) in [5.74, 6) is 0.828. The molecule has 1 aliphatic heterocycles. The van der Waals surface area contributed by atoms with E-state index in [1.165, 1.54) is 10.9 Å². The second-order valence-electron chi connectivity index (χ2n) is 5.72. The summed E-state index contributed by atoms with van der Waals surface area (Å²) in [6.07, 6.45) is 5.63. The van der Waals surface area contributed by atoms with Crippen molar-refractivity contribution in [2.24, 2.45) is 0 Å². The van der Waals surface area contributed by atoms with Crippen molar-refractivity contribution in [1.29, 1.82) is 0 Å². The van der Waals surface area contributed by atoms with Gasteiger partial charge < -0.3 is 4.74 Å². The van der Waals surface area contributed by atoms with Gasteiger partial charge in [-0.1, -0.05) is 30.3 Å². The van der Waals surface area contributed by atoms with Gasteiger partial charge in [-0.2, -0.15) is 0 Å². The number of aromatic nitrogens is 2. The number of fused-ring (bicyclic) bond motifs is 1. The van der Waals surface area contributed by atoms with Crippen molar-refractivity contribution in [3.05, 3.63) is 78.4 Å². The number of anilines is 1. The van der Waals surface area contributed by atoms with E-state index in [1.54, 1.807) is 17.3 Å². The molecule has 1 aromatic heterocycles. The number of carbonyl (C=O) groups excluding carboxylic acids is 1. The topological polar surface area (TPSA) is 47.4 Å². The van der Waals surface area contributed by atoms with E-state index in [2.05, 4.69) is 4.98 Å². The maximum atomic E-state index is 12.5. The first kappa shape index (κ1) is 14.5. The SMILES string of the molecule is O=C(N1CCc2cc(OCc3ccccc3)ccc21)n1ccnc1. The molecule has 24 heavy (non-hydrogen) atoms. The van der Waals surface area contributed by atoms with Gasteiger partial charge in [0.25, 0.3) is 0 Å². The number of benzene rings is 2. The molecule has 4 rings (SSSR count). The molecule has 3 aromatic rings.